The normalized spacial score (nSPS) is 17.3. The molecule has 1 amide bonds. The number of nitrogens with zero attached hydrogens (tertiary/aromatic N) is 1. The molecule has 0 fully saturated rings. The molecule has 0 aliphatic carbocycles. The van der Waals surface area contributed by atoms with Gasteiger partial charge in [-0.05, 0) is 20.3 Å². The third-order valence-electron chi connectivity index (χ3n) is 2.55. The van der Waals surface area contributed by atoms with E-state index in [1.54, 1.807) is 11.8 Å². The topological polar surface area (TPSA) is 57.6 Å². The zero-order chi connectivity index (χ0) is 11.4. The number of carboxylic acid groups (broad SMARTS) is 1. The lowest BCUT2D eigenvalue weighted by atomic mass is 10.1. The molecule has 0 aromatic heterocycles. The van der Waals surface area contributed by atoms with E-state index in [2.05, 4.69) is 0 Å². The molecule has 0 unspecified atom stereocenters. The maximum Gasteiger partial charge on any atom is 0.331 e. The Balaban J connectivity index is 2.80. The van der Waals surface area contributed by atoms with Gasteiger partial charge in [0.15, 0.2) is 0 Å². The minimum atomic E-state index is -1.03. The molecule has 4 nitrogen and oxygen atoms in total. The first-order valence-corrected chi connectivity index (χ1v) is 4.89. The van der Waals surface area contributed by atoms with Crippen molar-refractivity contribution in [2.45, 2.75) is 20.3 Å². The van der Waals surface area contributed by atoms with Crippen LogP contribution in [-0.4, -0.2) is 35.0 Å². The van der Waals surface area contributed by atoms with Crippen LogP contribution in [0.2, 0.25) is 0 Å². The second-order valence-corrected chi connectivity index (χ2v) is 3.57. The van der Waals surface area contributed by atoms with Crippen molar-refractivity contribution in [3.63, 3.8) is 0 Å². The van der Waals surface area contributed by atoms with Crippen molar-refractivity contribution in [3.8, 4) is 0 Å². The number of hydrogen-bond acceptors (Lipinski definition) is 2. The lowest BCUT2D eigenvalue weighted by Crippen LogP contribution is -2.35. The monoisotopic (exact) mass is 209 g/mol. The van der Waals surface area contributed by atoms with Gasteiger partial charge in [0.1, 0.15) is 0 Å². The number of carbonyl (C=O) groups excluding carboxylic acids is 1. The van der Waals surface area contributed by atoms with Crippen molar-refractivity contribution < 1.29 is 14.7 Å². The molecule has 0 saturated heterocycles. The Labute approximate surface area is 88.9 Å². The van der Waals surface area contributed by atoms with Crippen molar-refractivity contribution in [2.24, 2.45) is 0 Å². The molecule has 0 bridgehead atoms. The van der Waals surface area contributed by atoms with E-state index in [4.69, 9.17) is 5.11 Å². The van der Waals surface area contributed by atoms with Gasteiger partial charge < -0.3 is 10.0 Å². The molecule has 1 rings (SSSR count). The van der Waals surface area contributed by atoms with E-state index in [1.807, 2.05) is 12.2 Å². The van der Waals surface area contributed by atoms with Crippen LogP contribution in [0, 0.1) is 0 Å². The van der Waals surface area contributed by atoms with Crippen LogP contribution in [0.5, 0.6) is 0 Å². The van der Waals surface area contributed by atoms with E-state index >= 15 is 0 Å². The van der Waals surface area contributed by atoms with Crippen molar-refractivity contribution in [1.82, 2.24) is 4.90 Å². The van der Waals surface area contributed by atoms with Gasteiger partial charge in [-0.15, -0.1) is 0 Å². The molecule has 1 aliphatic heterocycles. The van der Waals surface area contributed by atoms with Gasteiger partial charge in [-0.3, -0.25) is 4.79 Å². The highest BCUT2D eigenvalue weighted by Crippen LogP contribution is 2.10. The molecule has 1 N–H and O–H groups in total. The summed E-state index contributed by atoms with van der Waals surface area (Å²) in [6, 6.07) is 0. The molecule has 82 valence electrons. The number of hydrogen-bond donors (Lipinski definition) is 1. The van der Waals surface area contributed by atoms with Gasteiger partial charge in [-0.25, -0.2) is 4.79 Å². The van der Waals surface area contributed by atoms with Crippen LogP contribution in [0.3, 0.4) is 0 Å². The van der Waals surface area contributed by atoms with E-state index in [1.165, 1.54) is 6.92 Å². The van der Waals surface area contributed by atoms with Gasteiger partial charge in [0.2, 0.25) is 5.91 Å². The van der Waals surface area contributed by atoms with Crippen molar-refractivity contribution in [2.75, 3.05) is 13.1 Å². The highest BCUT2D eigenvalue weighted by atomic mass is 16.4. The van der Waals surface area contributed by atoms with E-state index in [0.717, 1.165) is 6.42 Å². The molecule has 1 heterocycles. The number of carbonyl (C=O) groups is 2. The molecule has 4 heteroatoms. The maximum absolute atomic E-state index is 11.8. The second kappa shape index (κ2) is 4.77. The predicted octanol–water partition coefficient (Wildman–Crippen LogP) is 1.20. The van der Waals surface area contributed by atoms with Crippen LogP contribution >= 0.6 is 0 Å². The summed E-state index contributed by atoms with van der Waals surface area (Å²) in [5.41, 5.74) is 0.437. The van der Waals surface area contributed by atoms with Gasteiger partial charge in [0, 0.05) is 24.2 Å². The molecule has 0 saturated carbocycles. The third kappa shape index (κ3) is 2.68. The fraction of sp³-hybridized carbons (Fsp3) is 0.455. The summed E-state index contributed by atoms with van der Waals surface area (Å²) in [6.45, 7) is 4.25. The molecular formula is C11H15NO3. The lowest BCUT2D eigenvalue weighted by molar-refractivity contribution is -0.133. The molecule has 1 aliphatic rings. The second-order valence-electron chi connectivity index (χ2n) is 3.57. The van der Waals surface area contributed by atoms with Crippen LogP contribution < -0.4 is 0 Å². The first-order valence-electron chi connectivity index (χ1n) is 4.89. The van der Waals surface area contributed by atoms with Crippen molar-refractivity contribution in [1.29, 1.82) is 0 Å². The molecule has 0 spiro atoms. The Morgan fingerprint density at radius 2 is 1.87 bits per heavy atom. The first-order chi connectivity index (χ1) is 7.04. The SMILES string of the molecule is C/C(C(=O)O)=C(/C)C(=O)N1CC=CCC1. The summed E-state index contributed by atoms with van der Waals surface area (Å²) in [6.07, 6.45) is 4.78. The van der Waals surface area contributed by atoms with Crippen LogP contribution in [-0.2, 0) is 9.59 Å². The van der Waals surface area contributed by atoms with E-state index < -0.39 is 5.97 Å². The molecular weight excluding hydrogens is 194 g/mol. The third-order valence-corrected chi connectivity index (χ3v) is 2.55. The van der Waals surface area contributed by atoms with E-state index in [-0.39, 0.29) is 11.5 Å². The Morgan fingerprint density at radius 3 is 2.33 bits per heavy atom. The molecule has 15 heavy (non-hydrogen) atoms. The van der Waals surface area contributed by atoms with Crippen LogP contribution in [0.15, 0.2) is 23.3 Å². The number of rotatable bonds is 2. The summed E-state index contributed by atoms with van der Waals surface area (Å²) in [7, 11) is 0. The van der Waals surface area contributed by atoms with Gasteiger partial charge in [0.05, 0.1) is 0 Å². The van der Waals surface area contributed by atoms with Crippen LogP contribution in [0.1, 0.15) is 20.3 Å². The Morgan fingerprint density at radius 1 is 1.20 bits per heavy atom. The summed E-state index contributed by atoms with van der Waals surface area (Å²) in [5, 5.41) is 8.76. The van der Waals surface area contributed by atoms with E-state index in [9.17, 15) is 9.59 Å². The molecule has 0 aromatic rings. The zero-order valence-corrected chi connectivity index (χ0v) is 8.99. The fourth-order valence-electron chi connectivity index (χ4n) is 1.38. The standard InChI is InChI=1S/C11H15NO3/c1-8(9(2)11(14)15)10(13)12-6-4-3-5-7-12/h3-4H,5-7H2,1-2H3,(H,14,15)/b9-8+. The van der Waals surface area contributed by atoms with Gasteiger partial charge in [-0.1, -0.05) is 12.2 Å². The van der Waals surface area contributed by atoms with Gasteiger partial charge >= 0.3 is 5.97 Å². The van der Waals surface area contributed by atoms with Crippen molar-refractivity contribution >= 4 is 11.9 Å². The van der Waals surface area contributed by atoms with Gasteiger partial charge in [-0.2, -0.15) is 0 Å². The maximum atomic E-state index is 11.8. The molecule has 0 aromatic carbocycles. The number of aliphatic carboxylic acids is 1. The first kappa shape index (κ1) is 11.5. The summed E-state index contributed by atoms with van der Waals surface area (Å²) >= 11 is 0. The number of carboxylic acids is 1. The highest BCUT2D eigenvalue weighted by Gasteiger charge is 2.19. The van der Waals surface area contributed by atoms with Crippen molar-refractivity contribution in [3.05, 3.63) is 23.3 Å². The Bertz CT molecular complexity index is 342. The average molecular weight is 209 g/mol. The van der Waals surface area contributed by atoms with Crippen LogP contribution in [0.25, 0.3) is 0 Å². The minimum Gasteiger partial charge on any atom is -0.478 e. The quantitative estimate of drug-likeness (QED) is 0.549. The van der Waals surface area contributed by atoms with Gasteiger partial charge in [0.25, 0.3) is 0 Å². The predicted molar refractivity (Wildman–Crippen MR) is 56.3 cm³/mol. The Hall–Kier alpha value is -1.58. The summed E-state index contributed by atoms with van der Waals surface area (Å²) < 4.78 is 0. The molecule has 0 radical (unpaired) electrons. The average Bonchev–Trinajstić information content (AvgIpc) is 2.27. The van der Waals surface area contributed by atoms with Crippen LogP contribution in [0.4, 0.5) is 0 Å². The largest absolute Gasteiger partial charge is 0.478 e. The summed E-state index contributed by atoms with van der Waals surface area (Å²) in [4.78, 5) is 24.2. The van der Waals surface area contributed by atoms with E-state index in [0.29, 0.717) is 18.7 Å². The Kier molecular flexibility index (Phi) is 3.66. The highest BCUT2D eigenvalue weighted by molar-refractivity contribution is 6.01. The number of amides is 1. The fourth-order valence-corrected chi connectivity index (χ4v) is 1.38. The molecule has 0 atom stereocenters. The minimum absolute atomic E-state index is 0.120. The zero-order valence-electron chi connectivity index (χ0n) is 8.99. The lowest BCUT2D eigenvalue weighted by Gasteiger charge is -2.24. The summed E-state index contributed by atoms with van der Waals surface area (Å²) in [5.74, 6) is -1.22. The smallest absolute Gasteiger partial charge is 0.331 e.